The molecule has 0 aliphatic carbocycles. The fourth-order valence-electron chi connectivity index (χ4n) is 3.51. The van der Waals surface area contributed by atoms with Crippen LogP contribution >= 0.6 is 0 Å². The molecule has 2 heterocycles. The maximum Gasteiger partial charge on any atom is 0.339 e. The average Bonchev–Trinajstić information content (AvgIpc) is 2.83. The summed E-state index contributed by atoms with van der Waals surface area (Å²) in [6.07, 6.45) is 3.55. The fourth-order valence-corrected chi connectivity index (χ4v) is 3.51. The number of aromatic nitrogens is 1. The maximum absolute atomic E-state index is 12.5. The lowest BCUT2D eigenvalue weighted by Crippen LogP contribution is -2.14. The number of pyridine rings is 1. The van der Waals surface area contributed by atoms with Crippen molar-refractivity contribution in [2.45, 2.75) is 26.4 Å². The molecule has 0 aliphatic heterocycles. The Kier molecular flexibility index (Phi) is 6.69. The molecule has 0 unspecified atom stereocenters. The third-order valence-corrected chi connectivity index (χ3v) is 5.30. The van der Waals surface area contributed by atoms with E-state index in [4.69, 9.17) is 18.6 Å². The van der Waals surface area contributed by atoms with E-state index in [0.717, 1.165) is 16.5 Å². The van der Waals surface area contributed by atoms with E-state index >= 15 is 0 Å². The first kappa shape index (κ1) is 22.1. The monoisotopic (exact) mass is 445 g/mol. The molecule has 168 valence electrons. The molecule has 0 saturated carbocycles. The second kappa shape index (κ2) is 9.99. The Hall–Kier alpha value is -4.13. The summed E-state index contributed by atoms with van der Waals surface area (Å²) in [5, 5.41) is 0.806. The molecule has 0 bridgehead atoms. The summed E-state index contributed by atoms with van der Waals surface area (Å²) in [6.45, 7) is 1.90. The molecule has 2 aromatic carbocycles. The molecule has 0 fully saturated rings. The number of fused-ring (bicyclic) bond motifs is 1. The first-order chi connectivity index (χ1) is 16.0. The Morgan fingerprint density at radius 1 is 1.06 bits per heavy atom. The van der Waals surface area contributed by atoms with Gasteiger partial charge in [0.1, 0.15) is 29.4 Å². The molecular weight excluding hydrogens is 422 g/mol. The van der Waals surface area contributed by atoms with Crippen molar-refractivity contribution < 1.29 is 23.4 Å². The van der Waals surface area contributed by atoms with Crippen LogP contribution in [-0.2, 0) is 22.6 Å². The van der Waals surface area contributed by atoms with Gasteiger partial charge in [-0.15, -0.1) is 0 Å². The van der Waals surface area contributed by atoms with Crippen molar-refractivity contribution in [3.63, 3.8) is 0 Å². The van der Waals surface area contributed by atoms with Crippen LogP contribution in [0.5, 0.6) is 17.2 Å². The predicted octanol–water partition coefficient (Wildman–Crippen LogP) is 4.97. The molecule has 33 heavy (non-hydrogen) atoms. The van der Waals surface area contributed by atoms with Crippen LogP contribution in [0.1, 0.15) is 23.1 Å². The fraction of sp³-hybridized carbons (Fsp3) is 0.192. The lowest BCUT2D eigenvalue weighted by molar-refractivity contribution is -0.144. The molecule has 0 atom stereocenters. The van der Waals surface area contributed by atoms with Crippen LogP contribution in [0.15, 0.2) is 76.2 Å². The molecule has 4 rings (SSSR count). The Morgan fingerprint density at radius 2 is 1.91 bits per heavy atom. The summed E-state index contributed by atoms with van der Waals surface area (Å²) in [6, 6.07) is 16.2. The van der Waals surface area contributed by atoms with E-state index < -0.39 is 11.6 Å². The van der Waals surface area contributed by atoms with Crippen molar-refractivity contribution >= 4 is 16.9 Å². The van der Waals surface area contributed by atoms with Gasteiger partial charge in [0.15, 0.2) is 0 Å². The van der Waals surface area contributed by atoms with Gasteiger partial charge in [-0.3, -0.25) is 9.78 Å². The Bertz CT molecular complexity index is 1330. The lowest BCUT2D eigenvalue weighted by Gasteiger charge is -2.12. The molecule has 0 N–H and O–H groups in total. The van der Waals surface area contributed by atoms with Crippen molar-refractivity contribution in [3.05, 3.63) is 94.1 Å². The molecule has 0 saturated heterocycles. The van der Waals surface area contributed by atoms with Gasteiger partial charge in [-0.1, -0.05) is 18.2 Å². The maximum atomic E-state index is 12.5. The minimum atomic E-state index is -0.462. The summed E-state index contributed by atoms with van der Waals surface area (Å²) in [7, 11) is 1.55. The van der Waals surface area contributed by atoms with Crippen molar-refractivity contribution in [1.29, 1.82) is 0 Å². The van der Waals surface area contributed by atoms with E-state index in [2.05, 4.69) is 4.98 Å². The highest BCUT2D eigenvalue weighted by atomic mass is 16.5. The Balaban J connectivity index is 1.41. The zero-order valence-electron chi connectivity index (χ0n) is 18.4. The molecule has 0 aliphatic rings. The number of carbonyl (C=O) groups excluding carboxylic acids is 1. The number of esters is 1. The van der Waals surface area contributed by atoms with Crippen LogP contribution in [0.4, 0.5) is 0 Å². The number of hydrogen-bond donors (Lipinski definition) is 0. The summed E-state index contributed by atoms with van der Waals surface area (Å²) >= 11 is 0. The summed E-state index contributed by atoms with van der Waals surface area (Å²) in [5.74, 6) is 1.36. The Morgan fingerprint density at radius 3 is 2.70 bits per heavy atom. The van der Waals surface area contributed by atoms with Gasteiger partial charge in [-0.05, 0) is 49.2 Å². The smallest absolute Gasteiger partial charge is 0.339 e. The second-order valence-electron chi connectivity index (χ2n) is 7.41. The van der Waals surface area contributed by atoms with E-state index in [1.165, 1.54) is 0 Å². The number of aryl methyl sites for hydroxylation is 1. The highest BCUT2D eigenvalue weighted by Crippen LogP contribution is 2.26. The second-order valence-corrected chi connectivity index (χ2v) is 7.41. The first-order valence-electron chi connectivity index (χ1n) is 10.5. The zero-order chi connectivity index (χ0) is 23.2. The Labute approximate surface area is 190 Å². The molecule has 7 heteroatoms. The zero-order valence-corrected chi connectivity index (χ0v) is 18.4. The van der Waals surface area contributed by atoms with Crippen LogP contribution in [0, 0.1) is 6.92 Å². The van der Waals surface area contributed by atoms with Crippen LogP contribution in [0.3, 0.4) is 0 Å². The summed E-state index contributed by atoms with van der Waals surface area (Å²) in [5.41, 5.74) is 1.96. The molecule has 0 spiro atoms. The van der Waals surface area contributed by atoms with Crippen LogP contribution in [0.2, 0.25) is 0 Å². The van der Waals surface area contributed by atoms with Crippen molar-refractivity contribution in [3.8, 4) is 17.2 Å². The van der Waals surface area contributed by atoms with E-state index in [1.807, 2.05) is 31.2 Å². The minimum absolute atomic E-state index is 0.0545. The van der Waals surface area contributed by atoms with Gasteiger partial charge in [-0.25, -0.2) is 4.79 Å². The quantitative estimate of drug-likeness (QED) is 0.279. The van der Waals surface area contributed by atoms with Gasteiger partial charge in [0.25, 0.3) is 0 Å². The number of benzene rings is 2. The first-order valence-corrected chi connectivity index (χ1v) is 10.5. The van der Waals surface area contributed by atoms with E-state index in [9.17, 15) is 9.59 Å². The van der Waals surface area contributed by atoms with Gasteiger partial charge >= 0.3 is 11.6 Å². The molecule has 0 amide bonds. The third-order valence-electron chi connectivity index (χ3n) is 5.30. The normalized spacial score (nSPS) is 10.7. The average molecular weight is 445 g/mol. The van der Waals surface area contributed by atoms with E-state index in [-0.39, 0.29) is 19.4 Å². The predicted molar refractivity (Wildman–Crippen MR) is 123 cm³/mol. The molecular formula is C26H23NO6. The largest absolute Gasteiger partial charge is 0.497 e. The minimum Gasteiger partial charge on any atom is -0.497 e. The molecule has 7 nitrogen and oxygen atoms in total. The standard InChI is InChI=1S/C26H23NO6/c1-17-21-10-9-19(30-2)14-24(21)33-26(29)22(17)11-12-25(28)31-16-18-6-3-4-8-23(18)32-20-7-5-13-27-15-20/h3-10,13-15H,11-12,16H2,1-2H3. The van der Waals surface area contributed by atoms with Gasteiger partial charge in [-0.2, -0.15) is 0 Å². The molecule has 4 aromatic rings. The van der Waals surface area contributed by atoms with Gasteiger partial charge in [0, 0.05) is 35.2 Å². The highest BCUT2D eigenvalue weighted by Gasteiger charge is 2.15. The summed E-state index contributed by atoms with van der Waals surface area (Å²) in [4.78, 5) is 28.9. The summed E-state index contributed by atoms with van der Waals surface area (Å²) < 4.78 is 21.9. The number of methoxy groups -OCH3 is 1. The van der Waals surface area contributed by atoms with Crippen molar-refractivity contribution in [2.75, 3.05) is 7.11 Å². The van der Waals surface area contributed by atoms with Gasteiger partial charge in [0.2, 0.25) is 0 Å². The van der Waals surface area contributed by atoms with Crippen molar-refractivity contribution in [2.24, 2.45) is 0 Å². The van der Waals surface area contributed by atoms with Crippen LogP contribution in [0.25, 0.3) is 11.0 Å². The lowest BCUT2D eigenvalue weighted by atomic mass is 10.0. The topological polar surface area (TPSA) is 87.9 Å². The number of rotatable bonds is 8. The third kappa shape index (κ3) is 5.20. The number of carbonyl (C=O) groups is 1. The van der Waals surface area contributed by atoms with Crippen LogP contribution < -0.4 is 15.1 Å². The SMILES string of the molecule is COc1ccc2c(C)c(CCC(=O)OCc3ccccc3Oc3cccnc3)c(=O)oc2c1. The number of ether oxygens (including phenoxy) is 3. The molecule has 2 aromatic heterocycles. The highest BCUT2D eigenvalue weighted by molar-refractivity contribution is 5.82. The number of para-hydroxylation sites is 1. The number of hydrogen-bond acceptors (Lipinski definition) is 7. The van der Waals surface area contributed by atoms with Crippen LogP contribution in [-0.4, -0.2) is 18.1 Å². The van der Waals surface area contributed by atoms with Gasteiger partial charge < -0.3 is 18.6 Å². The van der Waals surface area contributed by atoms with Gasteiger partial charge in [0.05, 0.1) is 13.3 Å². The number of nitrogens with zero attached hydrogens (tertiary/aromatic N) is 1. The van der Waals surface area contributed by atoms with E-state index in [1.54, 1.807) is 49.8 Å². The van der Waals surface area contributed by atoms with E-state index in [0.29, 0.717) is 28.4 Å². The molecule has 0 radical (unpaired) electrons. The van der Waals surface area contributed by atoms with Crippen molar-refractivity contribution in [1.82, 2.24) is 4.98 Å².